The Bertz CT molecular complexity index is 1690. The summed E-state index contributed by atoms with van der Waals surface area (Å²) < 4.78 is 29.8. The maximum atomic E-state index is 12.6. The normalized spacial score (nSPS) is 11.6. The molecule has 0 bridgehead atoms. The molecule has 10 heteroatoms. The van der Waals surface area contributed by atoms with Crippen LogP contribution in [0.5, 0.6) is 0 Å². The third-order valence-corrected chi connectivity index (χ3v) is 8.15. The van der Waals surface area contributed by atoms with Crippen LogP contribution in [-0.4, -0.2) is 30.9 Å². The van der Waals surface area contributed by atoms with E-state index in [9.17, 15) is 8.42 Å². The van der Waals surface area contributed by atoms with Gasteiger partial charge in [-0.15, -0.1) is 0 Å². The second-order valence-corrected chi connectivity index (χ2v) is 11.2. The highest BCUT2D eigenvalue weighted by Crippen LogP contribution is 2.28. The van der Waals surface area contributed by atoms with Crippen LogP contribution >= 0.6 is 11.6 Å². The summed E-state index contributed by atoms with van der Waals surface area (Å²) >= 11 is 6.44. The minimum absolute atomic E-state index is 0.213. The zero-order chi connectivity index (χ0) is 26.7. The molecule has 7 nitrogen and oxygen atoms in total. The van der Waals surface area contributed by atoms with Gasteiger partial charge in [-0.2, -0.15) is 9.61 Å². The van der Waals surface area contributed by atoms with Gasteiger partial charge in [-0.1, -0.05) is 73.1 Å². The number of halogens is 1. The Hall–Kier alpha value is -3.66. The molecule has 5 rings (SSSR count). The highest BCUT2D eigenvalue weighted by atomic mass is 35.5. The zero-order valence-corrected chi connectivity index (χ0v) is 22.7. The Balaban J connectivity index is 1.28. The van der Waals surface area contributed by atoms with E-state index in [0.29, 0.717) is 11.6 Å². The molecule has 0 amide bonds. The molecule has 0 aliphatic carbocycles. The average molecular weight is 544 g/mol. The predicted octanol–water partition coefficient (Wildman–Crippen LogP) is 3.96. The summed E-state index contributed by atoms with van der Waals surface area (Å²) in [6, 6.07) is 24.4. The van der Waals surface area contributed by atoms with Crippen molar-refractivity contribution in [2.75, 3.05) is 5.32 Å². The molecule has 2 heterocycles. The van der Waals surface area contributed by atoms with E-state index < -0.39 is 10.0 Å². The number of nitrogens with one attached hydrogen (secondary N) is 2. The predicted molar refractivity (Wildman–Crippen MR) is 155 cm³/mol. The first-order chi connectivity index (χ1) is 18.3. The van der Waals surface area contributed by atoms with Crippen LogP contribution in [0.1, 0.15) is 23.6 Å². The van der Waals surface area contributed by atoms with E-state index in [1.807, 2.05) is 81.5 Å². The van der Waals surface area contributed by atoms with Crippen LogP contribution in [0.15, 0.2) is 90.0 Å². The first kappa shape index (κ1) is 26.0. The number of nitrogens with zero attached hydrogens (tertiary/aromatic N) is 3. The number of anilines is 1. The molecule has 2 aromatic heterocycles. The number of hydrogen-bond donors (Lipinski definition) is 2. The maximum Gasteiger partial charge on any atom is 0.240 e. The van der Waals surface area contributed by atoms with Gasteiger partial charge in [0.05, 0.1) is 10.6 Å². The van der Waals surface area contributed by atoms with Gasteiger partial charge in [-0.3, -0.25) is 0 Å². The molecule has 2 N–H and O–H groups in total. The molecule has 0 spiro atoms. The van der Waals surface area contributed by atoms with Crippen molar-refractivity contribution in [1.29, 1.82) is 0 Å². The smallest absolute Gasteiger partial charge is 0.240 e. The molecule has 0 fully saturated rings. The van der Waals surface area contributed by atoms with Gasteiger partial charge < -0.3 is 5.32 Å². The maximum absolute atomic E-state index is 12.6. The van der Waals surface area contributed by atoms with Crippen molar-refractivity contribution in [1.82, 2.24) is 19.3 Å². The van der Waals surface area contributed by atoms with Crippen molar-refractivity contribution >= 4 is 46.4 Å². The van der Waals surface area contributed by atoms with Gasteiger partial charge in [0.2, 0.25) is 10.0 Å². The molecule has 3 aromatic carbocycles. The average Bonchev–Trinajstić information content (AvgIpc) is 3.32. The fourth-order valence-corrected chi connectivity index (χ4v) is 5.39. The van der Waals surface area contributed by atoms with Crippen LogP contribution in [0, 0.1) is 0 Å². The SMILES string of the molecule is Bc1cnn2c(NCc3ccc(CNS(=O)(=O)c4ccc(CC)cc4)cc3)cc(-c3ccccc3Cl)nc12. The summed E-state index contributed by atoms with van der Waals surface area (Å²) in [6.45, 7) is 2.80. The quantitative estimate of drug-likeness (QED) is 0.275. The van der Waals surface area contributed by atoms with Gasteiger partial charge in [0.25, 0.3) is 0 Å². The molecule has 0 unspecified atom stereocenters. The van der Waals surface area contributed by atoms with E-state index in [2.05, 4.69) is 15.1 Å². The molecule has 38 heavy (non-hydrogen) atoms. The minimum Gasteiger partial charge on any atom is -0.366 e. The molecule has 5 aromatic rings. The summed E-state index contributed by atoms with van der Waals surface area (Å²) in [5.41, 5.74) is 6.36. The third-order valence-electron chi connectivity index (χ3n) is 6.40. The second kappa shape index (κ2) is 11.0. The molecule has 192 valence electrons. The first-order valence-corrected chi connectivity index (χ1v) is 14.2. The van der Waals surface area contributed by atoms with Crippen molar-refractivity contribution in [2.24, 2.45) is 0 Å². The van der Waals surface area contributed by atoms with Crippen molar-refractivity contribution in [3.63, 3.8) is 0 Å². The van der Waals surface area contributed by atoms with Crippen LogP contribution in [0.2, 0.25) is 5.02 Å². The third kappa shape index (κ3) is 5.60. The minimum atomic E-state index is -3.58. The summed E-state index contributed by atoms with van der Waals surface area (Å²) in [5, 5.41) is 8.57. The molecular weight excluding hydrogens is 517 g/mol. The lowest BCUT2D eigenvalue weighted by molar-refractivity contribution is 0.581. The number of hydrogen-bond acceptors (Lipinski definition) is 5. The number of aromatic nitrogens is 3. The van der Waals surface area contributed by atoms with Gasteiger partial charge in [-0.05, 0) is 46.8 Å². The molecule has 0 radical (unpaired) electrons. The molecule has 0 saturated heterocycles. The monoisotopic (exact) mass is 543 g/mol. The summed E-state index contributed by atoms with van der Waals surface area (Å²) in [4.78, 5) is 5.05. The standard InChI is InChI=1S/C28H27BClN5O2S/c1-2-19-11-13-22(14-12-19)38(36,37)33-17-21-9-7-20(8-10-21)16-31-27-15-26(23-5-3-4-6-25(23)30)34-28-24(29)18-32-35(27)28/h3-15,18,31,33H,2,16-17,29H2,1H3. The number of benzene rings is 3. The van der Waals surface area contributed by atoms with E-state index in [-0.39, 0.29) is 11.4 Å². The first-order valence-electron chi connectivity index (χ1n) is 12.3. The fourth-order valence-electron chi connectivity index (χ4n) is 4.14. The Morgan fingerprint density at radius 2 is 1.58 bits per heavy atom. The van der Waals surface area contributed by atoms with E-state index in [1.54, 1.807) is 22.8 Å². The zero-order valence-electron chi connectivity index (χ0n) is 21.1. The lowest BCUT2D eigenvalue weighted by Crippen LogP contribution is -2.23. The van der Waals surface area contributed by atoms with Gasteiger partial charge in [0.1, 0.15) is 13.7 Å². The summed E-state index contributed by atoms with van der Waals surface area (Å²) in [6.07, 6.45) is 2.66. The van der Waals surface area contributed by atoms with Gasteiger partial charge in [0, 0.05) is 35.9 Å². The second-order valence-electron chi connectivity index (χ2n) is 9.06. The Kier molecular flexibility index (Phi) is 7.51. The van der Waals surface area contributed by atoms with Crippen molar-refractivity contribution in [3.05, 3.63) is 107 Å². The van der Waals surface area contributed by atoms with Gasteiger partial charge in [0.15, 0.2) is 5.65 Å². The van der Waals surface area contributed by atoms with Crippen molar-refractivity contribution in [3.8, 4) is 11.3 Å². The van der Waals surface area contributed by atoms with Crippen molar-refractivity contribution in [2.45, 2.75) is 31.3 Å². The fraction of sp³-hybridized carbons (Fsp3) is 0.143. The molecule has 0 aliphatic heterocycles. The highest BCUT2D eigenvalue weighted by Gasteiger charge is 2.14. The topological polar surface area (TPSA) is 88.4 Å². The Labute approximate surface area is 228 Å². The van der Waals surface area contributed by atoms with Crippen molar-refractivity contribution < 1.29 is 8.42 Å². The molecule has 0 saturated carbocycles. The van der Waals surface area contributed by atoms with E-state index in [0.717, 1.165) is 51.3 Å². The lowest BCUT2D eigenvalue weighted by Gasteiger charge is -2.12. The molecule has 0 atom stereocenters. The van der Waals surface area contributed by atoms with E-state index in [1.165, 1.54) is 0 Å². The number of rotatable bonds is 9. The highest BCUT2D eigenvalue weighted by molar-refractivity contribution is 7.89. The number of sulfonamides is 1. The number of fused-ring (bicyclic) bond motifs is 1. The summed E-state index contributed by atoms with van der Waals surface area (Å²) in [7, 11) is -1.60. The molecular formula is C28H27BClN5O2S. The van der Waals surface area contributed by atoms with Crippen LogP contribution < -0.4 is 15.5 Å². The van der Waals surface area contributed by atoms with Gasteiger partial charge in [-0.25, -0.2) is 18.1 Å². The number of aryl methyl sites for hydroxylation is 1. The Morgan fingerprint density at radius 1 is 0.921 bits per heavy atom. The lowest BCUT2D eigenvalue weighted by atomic mass is 10.0. The van der Waals surface area contributed by atoms with Crippen LogP contribution in [0.25, 0.3) is 16.9 Å². The summed E-state index contributed by atoms with van der Waals surface area (Å²) in [5.74, 6) is 0.795. The van der Waals surface area contributed by atoms with Crippen LogP contribution in [-0.2, 0) is 29.5 Å². The van der Waals surface area contributed by atoms with Gasteiger partial charge >= 0.3 is 0 Å². The largest absolute Gasteiger partial charge is 0.366 e. The van der Waals surface area contributed by atoms with Crippen LogP contribution in [0.3, 0.4) is 0 Å². The molecule has 0 aliphatic rings. The van der Waals surface area contributed by atoms with Crippen LogP contribution in [0.4, 0.5) is 5.82 Å². The van der Waals surface area contributed by atoms with E-state index in [4.69, 9.17) is 16.6 Å². The Morgan fingerprint density at radius 3 is 2.26 bits per heavy atom. The van der Waals surface area contributed by atoms with E-state index >= 15 is 0 Å².